The van der Waals surface area contributed by atoms with Crippen LogP contribution in [0.15, 0.2) is 58.4 Å². The number of ether oxygens (including phenoxy) is 2. The Balaban J connectivity index is 1.44. The van der Waals surface area contributed by atoms with Gasteiger partial charge in [0.1, 0.15) is 5.56 Å². The Morgan fingerprint density at radius 2 is 2.00 bits per heavy atom. The molecule has 0 fully saturated rings. The second kappa shape index (κ2) is 6.92. The summed E-state index contributed by atoms with van der Waals surface area (Å²) in [6.07, 6.45) is 2.78. The number of hydrogen-bond donors (Lipinski definition) is 3. The van der Waals surface area contributed by atoms with Gasteiger partial charge in [0.15, 0.2) is 11.5 Å². The van der Waals surface area contributed by atoms with Crippen molar-refractivity contribution < 1.29 is 14.3 Å². The van der Waals surface area contributed by atoms with E-state index in [-0.39, 0.29) is 18.9 Å². The number of fused-ring (bicyclic) bond motifs is 2. The van der Waals surface area contributed by atoms with Gasteiger partial charge in [-0.1, -0.05) is 6.07 Å². The minimum atomic E-state index is -0.698. The molecule has 0 radical (unpaired) electrons. The third-order valence-corrected chi connectivity index (χ3v) is 4.78. The standard InChI is InChI=1S/C20H15N5O5/c26-18(23-13-3-2-12-7-22-24-15(12)6-13)14-8-21-20(28)25(19(14)27)9-11-1-4-16-17(5-11)30-10-29-16/h1-8H,9-10H2,(H,21,28)(H,22,24)(H,23,26). The first-order valence-corrected chi connectivity index (χ1v) is 9.04. The van der Waals surface area contributed by atoms with Gasteiger partial charge in [0.2, 0.25) is 6.79 Å². The summed E-state index contributed by atoms with van der Waals surface area (Å²) in [5.74, 6) is 0.511. The van der Waals surface area contributed by atoms with Gasteiger partial charge in [-0.05, 0) is 35.9 Å². The van der Waals surface area contributed by atoms with E-state index < -0.39 is 17.2 Å². The van der Waals surface area contributed by atoms with Gasteiger partial charge >= 0.3 is 5.69 Å². The molecule has 2 aromatic carbocycles. The SMILES string of the molecule is O=C(Nc1ccc2cn[nH]c2c1)c1c[nH]c(=O)n(Cc2ccc3c(c2)OCO3)c1=O. The van der Waals surface area contributed by atoms with Crippen LogP contribution in [0.5, 0.6) is 11.5 Å². The lowest BCUT2D eigenvalue weighted by atomic mass is 10.2. The van der Waals surface area contributed by atoms with E-state index in [4.69, 9.17) is 9.47 Å². The first-order chi connectivity index (χ1) is 14.6. The fourth-order valence-electron chi connectivity index (χ4n) is 3.25. The second-order valence-electron chi connectivity index (χ2n) is 6.71. The van der Waals surface area contributed by atoms with Crippen molar-refractivity contribution in [3.8, 4) is 11.5 Å². The molecule has 4 aromatic rings. The number of carbonyl (C=O) groups is 1. The Morgan fingerprint density at radius 1 is 1.13 bits per heavy atom. The van der Waals surface area contributed by atoms with Crippen molar-refractivity contribution in [2.45, 2.75) is 6.54 Å². The fraction of sp³-hybridized carbons (Fsp3) is 0.100. The maximum Gasteiger partial charge on any atom is 0.328 e. The molecule has 0 aliphatic carbocycles. The summed E-state index contributed by atoms with van der Waals surface area (Å²) in [6, 6.07) is 10.3. The van der Waals surface area contributed by atoms with Crippen molar-refractivity contribution >= 4 is 22.5 Å². The van der Waals surface area contributed by atoms with Crippen LogP contribution in [0, 0.1) is 0 Å². The molecule has 1 aliphatic heterocycles. The van der Waals surface area contributed by atoms with Crippen LogP contribution in [0.2, 0.25) is 0 Å². The Hall–Kier alpha value is -4.34. The van der Waals surface area contributed by atoms with Crippen molar-refractivity contribution in [1.82, 2.24) is 19.7 Å². The minimum absolute atomic E-state index is 0.0218. The summed E-state index contributed by atoms with van der Waals surface area (Å²) in [7, 11) is 0. The van der Waals surface area contributed by atoms with Gasteiger partial charge in [0.25, 0.3) is 11.5 Å². The third kappa shape index (κ3) is 3.09. The number of hydrogen-bond acceptors (Lipinski definition) is 6. The van der Waals surface area contributed by atoms with Crippen LogP contribution in [-0.2, 0) is 6.54 Å². The molecule has 150 valence electrons. The fourth-order valence-corrected chi connectivity index (χ4v) is 3.25. The molecule has 0 unspecified atom stereocenters. The Bertz CT molecular complexity index is 1400. The maximum atomic E-state index is 12.8. The zero-order chi connectivity index (χ0) is 20.7. The highest BCUT2D eigenvalue weighted by Gasteiger charge is 2.17. The average molecular weight is 405 g/mol. The molecule has 2 aromatic heterocycles. The molecule has 30 heavy (non-hydrogen) atoms. The van der Waals surface area contributed by atoms with Gasteiger partial charge in [-0.2, -0.15) is 5.10 Å². The number of aromatic amines is 2. The van der Waals surface area contributed by atoms with E-state index in [9.17, 15) is 14.4 Å². The normalized spacial score (nSPS) is 12.3. The monoisotopic (exact) mass is 405 g/mol. The predicted octanol–water partition coefficient (Wildman–Crippen LogP) is 1.44. The van der Waals surface area contributed by atoms with E-state index >= 15 is 0 Å². The first-order valence-electron chi connectivity index (χ1n) is 9.04. The highest BCUT2D eigenvalue weighted by Crippen LogP contribution is 2.32. The molecule has 3 heterocycles. The van der Waals surface area contributed by atoms with Gasteiger partial charge in [-0.25, -0.2) is 4.79 Å². The number of nitrogens with one attached hydrogen (secondary N) is 3. The van der Waals surface area contributed by atoms with Crippen LogP contribution >= 0.6 is 0 Å². The summed E-state index contributed by atoms with van der Waals surface area (Å²) >= 11 is 0. The van der Waals surface area contributed by atoms with E-state index in [2.05, 4.69) is 20.5 Å². The quantitative estimate of drug-likeness (QED) is 0.471. The molecule has 10 heteroatoms. The minimum Gasteiger partial charge on any atom is -0.454 e. The second-order valence-corrected chi connectivity index (χ2v) is 6.71. The Labute approximate surface area is 168 Å². The maximum absolute atomic E-state index is 12.8. The van der Waals surface area contributed by atoms with Crippen molar-refractivity contribution in [3.05, 3.63) is 80.8 Å². The van der Waals surface area contributed by atoms with Crippen LogP contribution < -0.4 is 26.0 Å². The van der Waals surface area contributed by atoms with Gasteiger partial charge in [0, 0.05) is 17.3 Å². The molecule has 0 atom stereocenters. The molecule has 0 saturated heterocycles. The van der Waals surface area contributed by atoms with Crippen molar-refractivity contribution in [3.63, 3.8) is 0 Å². The number of rotatable bonds is 4. The summed E-state index contributed by atoms with van der Waals surface area (Å²) in [5.41, 5.74) is 0.401. The molecule has 3 N–H and O–H groups in total. The summed E-state index contributed by atoms with van der Waals surface area (Å²) in [6.45, 7) is 0.103. The van der Waals surface area contributed by atoms with E-state index in [0.29, 0.717) is 22.7 Å². The van der Waals surface area contributed by atoms with Gasteiger partial charge in [-0.3, -0.25) is 19.3 Å². The highest BCUT2D eigenvalue weighted by atomic mass is 16.7. The van der Waals surface area contributed by atoms with E-state index in [1.54, 1.807) is 42.6 Å². The molecule has 1 aliphatic rings. The van der Waals surface area contributed by atoms with Crippen molar-refractivity contribution in [2.75, 3.05) is 12.1 Å². The van der Waals surface area contributed by atoms with Crippen LogP contribution in [0.1, 0.15) is 15.9 Å². The third-order valence-electron chi connectivity index (χ3n) is 4.78. The number of amides is 1. The topological polar surface area (TPSA) is 131 Å². The smallest absolute Gasteiger partial charge is 0.328 e. The molecular formula is C20H15N5O5. The molecule has 0 bridgehead atoms. The number of anilines is 1. The number of nitrogens with zero attached hydrogens (tertiary/aromatic N) is 2. The van der Waals surface area contributed by atoms with Crippen LogP contribution in [-0.4, -0.2) is 32.4 Å². The zero-order valence-corrected chi connectivity index (χ0v) is 15.5. The molecule has 5 rings (SSSR count). The zero-order valence-electron chi connectivity index (χ0n) is 15.5. The van der Waals surface area contributed by atoms with E-state index in [1.165, 1.54) is 0 Å². The first kappa shape index (κ1) is 17.7. The van der Waals surface area contributed by atoms with Gasteiger partial charge in [0.05, 0.1) is 18.3 Å². The molecule has 10 nitrogen and oxygen atoms in total. The van der Waals surface area contributed by atoms with Crippen LogP contribution in [0.25, 0.3) is 10.9 Å². The summed E-state index contributed by atoms with van der Waals surface area (Å²) in [4.78, 5) is 40.2. The molecule has 1 amide bonds. The molecule has 0 spiro atoms. The largest absolute Gasteiger partial charge is 0.454 e. The number of H-pyrrole nitrogens is 2. The lowest BCUT2D eigenvalue weighted by Crippen LogP contribution is -2.39. The van der Waals surface area contributed by atoms with E-state index in [1.807, 2.05) is 0 Å². The average Bonchev–Trinajstić information content (AvgIpc) is 3.39. The summed E-state index contributed by atoms with van der Waals surface area (Å²) in [5, 5.41) is 10.3. The molecule has 0 saturated carbocycles. The number of carbonyl (C=O) groups excluding carboxylic acids is 1. The van der Waals surface area contributed by atoms with E-state index in [0.717, 1.165) is 21.7 Å². The predicted molar refractivity (Wildman–Crippen MR) is 107 cm³/mol. The number of aromatic nitrogens is 4. The van der Waals surface area contributed by atoms with Gasteiger partial charge in [-0.15, -0.1) is 0 Å². The van der Waals surface area contributed by atoms with Crippen LogP contribution in [0.4, 0.5) is 5.69 Å². The van der Waals surface area contributed by atoms with Gasteiger partial charge < -0.3 is 19.8 Å². The molecular weight excluding hydrogens is 390 g/mol. The van der Waals surface area contributed by atoms with Crippen molar-refractivity contribution in [2.24, 2.45) is 0 Å². The summed E-state index contributed by atoms with van der Waals surface area (Å²) < 4.78 is 11.5. The Kier molecular flexibility index (Phi) is 4.09. The highest BCUT2D eigenvalue weighted by molar-refractivity contribution is 6.04. The number of benzene rings is 2. The van der Waals surface area contributed by atoms with Crippen molar-refractivity contribution in [1.29, 1.82) is 0 Å². The Morgan fingerprint density at radius 3 is 2.90 bits per heavy atom. The lowest BCUT2D eigenvalue weighted by Gasteiger charge is -2.09. The lowest BCUT2D eigenvalue weighted by molar-refractivity contribution is 0.102. The van der Waals surface area contributed by atoms with Crippen LogP contribution in [0.3, 0.4) is 0 Å².